The van der Waals surface area contributed by atoms with E-state index < -0.39 is 0 Å². The van der Waals surface area contributed by atoms with Crippen LogP contribution in [0.15, 0.2) is 16.6 Å². The van der Waals surface area contributed by atoms with Gasteiger partial charge in [0.2, 0.25) is 0 Å². The van der Waals surface area contributed by atoms with E-state index in [1.807, 2.05) is 19.9 Å². The van der Waals surface area contributed by atoms with Gasteiger partial charge in [0.25, 0.3) is 0 Å². The van der Waals surface area contributed by atoms with Crippen LogP contribution in [0, 0.1) is 5.41 Å². The van der Waals surface area contributed by atoms with Crippen molar-refractivity contribution in [2.45, 2.75) is 20.3 Å². The molecule has 0 radical (unpaired) electrons. The first-order valence-electron chi connectivity index (χ1n) is 4.44. The molecule has 0 aromatic heterocycles. The SMILES string of the molecule is CC1(C)Cc2c(Br)cc(Cl)cc2C1=O. The average molecular weight is 274 g/mol. The van der Waals surface area contributed by atoms with E-state index in [9.17, 15) is 4.79 Å². The maximum atomic E-state index is 11.9. The summed E-state index contributed by atoms with van der Waals surface area (Å²) in [6.45, 7) is 3.94. The lowest BCUT2D eigenvalue weighted by Crippen LogP contribution is -2.18. The van der Waals surface area contributed by atoms with Crippen molar-refractivity contribution in [3.05, 3.63) is 32.8 Å². The van der Waals surface area contributed by atoms with Gasteiger partial charge in [0.15, 0.2) is 5.78 Å². The summed E-state index contributed by atoms with van der Waals surface area (Å²) in [6, 6.07) is 3.60. The van der Waals surface area contributed by atoms with Gasteiger partial charge < -0.3 is 0 Å². The van der Waals surface area contributed by atoms with Gasteiger partial charge in [0.05, 0.1) is 0 Å². The fourth-order valence-corrected chi connectivity index (χ4v) is 2.82. The van der Waals surface area contributed by atoms with Gasteiger partial charge in [-0.25, -0.2) is 0 Å². The fourth-order valence-electron chi connectivity index (χ4n) is 1.87. The number of ketones is 1. The lowest BCUT2D eigenvalue weighted by atomic mass is 9.89. The number of Topliss-reactive ketones (excluding diaryl/α,β-unsaturated/α-hetero) is 1. The molecule has 0 heterocycles. The van der Waals surface area contributed by atoms with Crippen LogP contribution in [0.1, 0.15) is 29.8 Å². The Morgan fingerprint density at radius 2 is 2.07 bits per heavy atom. The summed E-state index contributed by atoms with van der Waals surface area (Å²) in [7, 11) is 0. The summed E-state index contributed by atoms with van der Waals surface area (Å²) in [5.41, 5.74) is 1.58. The van der Waals surface area contributed by atoms with Gasteiger partial charge in [0.1, 0.15) is 0 Å². The Hall–Kier alpha value is -0.340. The van der Waals surface area contributed by atoms with Crippen molar-refractivity contribution in [2.24, 2.45) is 5.41 Å². The topological polar surface area (TPSA) is 17.1 Å². The Balaban J connectivity index is 2.65. The normalized spacial score (nSPS) is 18.4. The summed E-state index contributed by atoms with van der Waals surface area (Å²) in [4.78, 5) is 11.9. The van der Waals surface area contributed by atoms with E-state index in [0.717, 1.165) is 22.0 Å². The van der Waals surface area contributed by atoms with E-state index in [1.165, 1.54) is 0 Å². The van der Waals surface area contributed by atoms with Gasteiger partial charge >= 0.3 is 0 Å². The summed E-state index contributed by atoms with van der Waals surface area (Å²) in [5, 5.41) is 0.613. The minimum Gasteiger partial charge on any atom is -0.294 e. The maximum Gasteiger partial charge on any atom is 0.169 e. The molecule has 1 aromatic rings. The van der Waals surface area contributed by atoms with Crippen molar-refractivity contribution in [2.75, 3.05) is 0 Å². The summed E-state index contributed by atoms with van der Waals surface area (Å²) in [5.74, 6) is 0.190. The molecule has 1 aliphatic carbocycles. The van der Waals surface area contributed by atoms with E-state index >= 15 is 0 Å². The van der Waals surface area contributed by atoms with Crippen LogP contribution in [0.4, 0.5) is 0 Å². The summed E-state index contributed by atoms with van der Waals surface area (Å²) in [6.07, 6.45) is 0.791. The molecule has 3 heteroatoms. The highest BCUT2D eigenvalue weighted by molar-refractivity contribution is 9.10. The van der Waals surface area contributed by atoms with Gasteiger partial charge in [-0.05, 0) is 24.1 Å². The number of carbonyl (C=O) groups excluding carboxylic acids is 1. The first kappa shape index (κ1) is 10.2. The molecule has 0 atom stereocenters. The zero-order chi connectivity index (χ0) is 10.5. The standard InChI is InChI=1S/C11H10BrClO/c1-11(2)5-8-7(10(11)14)3-6(13)4-9(8)12/h3-4H,5H2,1-2H3. The van der Waals surface area contributed by atoms with Crippen LogP contribution in [-0.4, -0.2) is 5.78 Å². The molecule has 0 spiro atoms. The number of carbonyl (C=O) groups is 1. The molecule has 0 saturated heterocycles. The highest BCUT2D eigenvalue weighted by Crippen LogP contribution is 2.40. The third-order valence-electron chi connectivity index (χ3n) is 2.64. The second kappa shape index (κ2) is 3.07. The second-order valence-corrected chi connectivity index (χ2v) is 5.59. The van der Waals surface area contributed by atoms with Crippen LogP contribution in [0.3, 0.4) is 0 Å². The van der Waals surface area contributed by atoms with Gasteiger partial charge in [0, 0.05) is 20.5 Å². The second-order valence-electron chi connectivity index (χ2n) is 4.30. The van der Waals surface area contributed by atoms with Gasteiger partial charge in [-0.15, -0.1) is 0 Å². The zero-order valence-electron chi connectivity index (χ0n) is 8.03. The minimum atomic E-state index is -0.282. The molecule has 0 fully saturated rings. The quantitative estimate of drug-likeness (QED) is 0.701. The van der Waals surface area contributed by atoms with Crippen LogP contribution in [0.25, 0.3) is 0 Å². The van der Waals surface area contributed by atoms with Crippen LogP contribution >= 0.6 is 27.5 Å². The molecule has 1 aromatic carbocycles. The first-order chi connectivity index (χ1) is 6.42. The molecule has 0 aliphatic heterocycles. The van der Waals surface area contributed by atoms with E-state index in [4.69, 9.17) is 11.6 Å². The number of fused-ring (bicyclic) bond motifs is 1. The molecule has 1 nitrogen and oxygen atoms in total. The fraction of sp³-hybridized carbons (Fsp3) is 0.364. The van der Waals surface area contributed by atoms with E-state index in [-0.39, 0.29) is 11.2 Å². The molecular weight excluding hydrogens is 263 g/mol. The highest BCUT2D eigenvalue weighted by atomic mass is 79.9. The van der Waals surface area contributed by atoms with Crippen LogP contribution in [-0.2, 0) is 6.42 Å². The Labute approximate surface area is 96.6 Å². The molecule has 0 unspecified atom stereocenters. The predicted molar refractivity (Wildman–Crippen MR) is 61.0 cm³/mol. The largest absolute Gasteiger partial charge is 0.294 e. The van der Waals surface area contributed by atoms with E-state index in [0.29, 0.717) is 5.02 Å². The van der Waals surface area contributed by atoms with Crippen molar-refractivity contribution >= 4 is 33.3 Å². The van der Waals surface area contributed by atoms with E-state index in [1.54, 1.807) is 6.07 Å². The molecule has 0 bridgehead atoms. The minimum absolute atomic E-state index is 0.190. The van der Waals surface area contributed by atoms with Gasteiger partial charge in [-0.2, -0.15) is 0 Å². The molecule has 14 heavy (non-hydrogen) atoms. The first-order valence-corrected chi connectivity index (χ1v) is 5.61. The Morgan fingerprint density at radius 1 is 1.43 bits per heavy atom. The number of halogens is 2. The van der Waals surface area contributed by atoms with Gasteiger partial charge in [-0.3, -0.25) is 4.79 Å². The Bertz CT molecular complexity index is 424. The highest BCUT2D eigenvalue weighted by Gasteiger charge is 2.38. The maximum absolute atomic E-state index is 11.9. The van der Waals surface area contributed by atoms with Crippen molar-refractivity contribution < 1.29 is 4.79 Å². The van der Waals surface area contributed by atoms with Crippen molar-refractivity contribution in [3.63, 3.8) is 0 Å². The Morgan fingerprint density at radius 3 is 2.71 bits per heavy atom. The van der Waals surface area contributed by atoms with E-state index in [2.05, 4.69) is 15.9 Å². The molecule has 0 N–H and O–H groups in total. The summed E-state index contributed by atoms with van der Waals surface area (Å²) < 4.78 is 0.943. The van der Waals surface area contributed by atoms with Crippen LogP contribution in [0.2, 0.25) is 5.02 Å². The number of hydrogen-bond donors (Lipinski definition) is 0. The smallest absolute Gasteiger partial charge is 0.169 e. The molecule has 74 valence electrons. The third kappa shape index (κ3) is 1.41. The summed E-state index contributed by atoms with van der Waals surface area (Å²) >= 11 is 9.35. The molecular formula is C11H10BrClO. The molecule has 2 rings (SSSR count). The lowest BCUT2D eigenvalue weighted by molar-refractivity contribution is 0.0863. The van der Waals surface area contributed by atoms with Gasteiger partial charge in [-0.1, -0.05) is 41.4 Å². The molecule has 0 amide bonds. The average Bonchev–Trinajstić information content (AvgIpc) is 2.28. The van der Waals surface area contributed by atoms with Crippen LogP contribution < -0.4 is 0 Å². The number of benzene rings is 1. The van der Waals surface area contributed by atoms with Crippen molar-refractivity contribution in [3.8, 4) is 0 Å². The van der Waals surface area contributed by atoms with Crippen molar-refractivity contribution in [1.82, 2.24) is 0 Å². The lowest BCUT2D eigenvalue weighted by Gasteiger charge is -2.13. The Kier molecular flexibility index (Phi) is 2.24. The number of hydrogen-bond acceptors (Lipinski definition) is 1. The zero-order valence-corrected chi connectivity index (χ0v) is 10.4. The third-order valence-corrected chi connectivity index (χ3v) is 3.56. The predicted octanol–water partition coefficient (Wildman–Crippen LogP) is 3.87. The monoisotopic (exact) mass is 272 g/mol. The number of rotatable bonds is 0. The molecule has 1 aliphatic rings. The van der Waals surface area contributed by atoms with Crippen molar-refractivity contribution in [1.29, 1.82) is 0 Å². The van der Waals surface area contributed by atoms with Crippen LogP contribution in [0.5, 0.6) is 0 Å². The molecule has 0 saturated carbocycles.